The fourth-order valence-corrected chi connectivity index (χ4v) is 3.34. The van der Waals surface area contributed by atoms with E-state index < -0.39 is 0 Å². The average molecular weight is 358 g/mol. The van der Waals surface area contributed by atoms with E-state index >= 15 is 0 Å². The highest BCUT2D eigenvalue weighted by molar-refractivity contribution is 9.11. The number of thiophene rings is 1. The van der Waals surface area contributed by atoms with Crippen LogP contribution in [0.1, 0.15) is 10.6 Å². The summed E-state index contributed by atoms with van der Waals surface area (Å²) in [6, 6.07) is 5.62. The second kappa shape index (κ2) is 6.51. The average Bonchev–Trinajstić information content (AvgIpc) is 2.83. The van der Waals surface area contributed by atoms with E-state index in [1.165, 1.54) is 22.6 Å². The summed E-state index contributed by atoms with van der Waals surface area (Å²) >= 11 is 5.15. The Kier molecular flexibility index (Phi) is 4.95. The van der Waals surface area contributed by atoms with Gasteiger partial charge < -0.3 is 5.32 Å². The quantitative estimate of drug-likeness (QED) is 0.819. The molecule has 0 aromatic carbocycles. The van der Waals surface area contributed by atoms with Crippen LogP contribution in [0.4, 0.5) is 0 Å². The molecule has 0 spiro atoms. The smallest absolute Gasteiger partial charge is 0.311 e. The molecule has 2 aromatic heterocycles. The number of nitrogens with zero attached hydrogens (tertiary/aromatic N) is 2. The molecule has 0 atom stereocenters. The first-order valence-corrected chi connectivity index (χ1v) is 7.81. The molecule has 0 aliphatic heterocycles. The molecule has 2 aromatic rings. The zero-order chi connectivity index (χ0) is 14.7. The van der Waals surface area contributed by atoms with Crippen LogP contribution in [0.15, 0.2) is 31.6 Å². The van der Waals surface area contributed by atoms with E-state index in [2.05, 4.69) is 27.3 Å². The van der Waals surface area contributed by atoms with Gasteiger partial charge in [0.15, 0.2) is 0 Å². The number of aromatic nitrogens is 2. The Morgan fingerprint density at radius 1 is 1.25 bits per heavy atom. The summed E-state index contributed by atoms with van der Waals surface area (Å²) in [5, 5.41) is 3.26. The molecule has 0 radical (unpaired) electrons. The van der Waals surface area contributed by atoms with Gasteiger partial charge in [-0.3, -0.25) is 13.9 Å². The van der Waals surface area contributed by atoms with Crippen molar-refractivity contribution in [2.45, 2.75) is 13.0 Å². The molecule has 20 heavy (non-hydrogen) atoms. The van der Waals surface area contributed by atoms with Gasteiger partial charge in [-0.25, -0.2) is 4.79 Å². The van der Waals surface area contributed by atoms with Gasteiger partial charge in [-0.1, -0.05) is 0 Å². The Balaban J connectivity index is 1.95. The summed E-state index contributed by atoms with van der Waals surface area (Å²) in [5.41, 5.74) is 0.133. The third-order valence-corrected chi connectivity index (χ3v) is 4.79. The zero-order valence-electron chi connectivity index (χ0n) is 11.4. The summed E-state index contributed by atoms with van der Waals surface area (Å²) in [6.45, 7) is 1.31. The van der Waals surface area contributed by atoms with E-state index in [1.807, 2.05) is 6.07 Å². The summed E-state index contributed by atoms with van der Waals surface area (Å²) < 4.78 is 3.73. The predicted molar refractivity (Wildman–Crippen MR) is 84.4 cm³/mol. The zero-order valence-corrected chi connectivity index (χ0v) is 13.8. The molecule has 0 aliphatic carbocycles. The third-order valence-electron chi connectivity index (χ3n) is 3.11. The molecule has 7 heteroatoms. The highest BCUT2D eigenvalue weighted by atomic mass is 79.9. The fourth-order valence-electron chi connectivity index (χ4n) is 1.86. The van der Waals surface area contributed by atoms with E-state index in [4.69, 9.17) is 0 Å². The lowest BCUT2D eigenvalue weighted by molar-refractivity contribution is 0.602. The molecule has 0 bridgehead atoms. The maximum atomic E-state index is 11.8. The van der Waals surface area contributed by atoms with Crippen molar-refractivity contribution in [2.75, 3.05) is 6.54 Å². The van der Waals surface area contributed by atoms with Crippen LogP contribution < -0.4 is 16.6 Å². The molecule has 0 aliphatic rings. The van der Waals surface area contributed by atoms with Gasteiger partial charge in [0.2, 0.25) is 0 Å². The van der Waals surface area contributed by atoms with Crippen LogP contribution in [0.5, 0.6) is 0 Å². The first-order chi connectivity index (χ1) is 9.49. The number of hydrogen-bond acceptors (Lipinski definition) is 4. The van der Waals surface area contributed by atoms with Crippen LogP contribution in [0, 0.1) is 0 Å². The summed E-state index contributed by atoms with van der Waals surface area (Å²) in [7, 11) is 3.16. The van der Waals surface area contributed by atoms with Gasteiger partial charge in [-0.05, 0) is 34.5 Å². The molecule has 0 fully saturated rings. The van der Waals surface area contributed by atoms with Crippen LogP contribution in [0.25, 0.3) is 0 Å². The minimum atomic E-state index is -0.295. The number of rotatable bonds is 5. The molecule has 5 nitrogen and oxygen atoms in total. The first-order valence-electron chi connectivity index (χ1n) is 6.20. The highest BCUT2D eigenvalue weighted by Gasteiger charge is 2.05. The van der Waals surface area contributed by atoms with Gasteiger partial charge in [0.1, 0.15) is 0 Å². The van der Waals surface area contributed by atoms with Crippen molar-refractivity contribution >= 4 is 27.3 Å². The molecule has 0 amide bonds. The van der Waals surface area contributed by atoms with Crippen molar-refractivity contribution in [1.82, 2.24) is 14.5 Å². The number of hydrogen-bond donors (Lipinski definition) is 1. The van der Waals surface area contributed by atoms with Gasteiger partial charge in [0.05, 0.1) is 3.79 Å². The van der Waals surface area contributed by atoms with Crippen molar-refractivity contribution in [3.63, 3.8) is 0 Å². The Morgan fingerprint density at radius 3 is 2.65 bits per heavy atom. The highest BCUT2D eigenvalue weighted by Crippen LogP contribution is 2.21. The third kappa shape index (κ3) is 3.47. The number of nitrogens with one attached hydrogen (secondary N) is 1. The summed E-state index contributed by atoms with van der Waals surface area (Å²) in [4.78, 5) is 24.6. The minimum absolute atomic E-state index is 0.271. The summed E-state index contributed by atoms with van der Waals surface area (Å²) in [5.74, 6) is 0. The molecular weight excluding hydrogens is 342 g/mol. The SMILES string of the molecule is Cn1c(CNCCc2ccc(Br)s2)cc(=O)n(C)c1=O. The molecule has 108 valence electrons. The number of halogens is 1. The van der Waals surface area contributed by atoms with E-state index in [1.54, 1.807) is 18.4 Å². The Labute approximate surface area is 129 Å². The molecule has 0 saturated heterocycles. The van der Waals surface area contributed by atoms with Gasteiger partial charge in [-0.2, -0.15) is 0 Å². The van der Waals surface area contributed by atoms with Crippen molar-refractivity contribution in [3.05, 3.63) is 53.4 Å². The maximum absolute atomic E-state index is 11.8. The van der Waals surface area contributed by atoms with E-state index in [0.717, 1.165) is 21.3 Å². The second-order valence-electron chi connectivity index (χ2n) is 4.51. The van der Waals surface area contributed by atoms with Crippen molar-refractivity contribution < 1.29 is 0 Å². The van der Waals surface area contributed by atoms with Crippen LogP contribution in [-0.2, 0) is 27.1 Å². The molecular formula is C13H16BrN3O2S. The largest absolute Gasteiger partial charge is 0.330 e. The topological polar surface area (TPSA) is 56.0 Å². The monoisotopic (exact) mass is 357 g/mol. The van der Waals surface area contributed by atoms with E-state index in [0.29, 0.717) is 12.2 Å². The molecule has 1 N–H and O–H groups in total. The van der Waals surface area contributed by atoms with Gasteiger partial charge in [-0.15, -0.1) is 11.3 Å². The van der Waals surface area contributed by atoms with Crippen molar-refractivity contribution in [3.8, 4) is 0 Å². The van der Waals surface area contributed by atoms with Crippen LogP contribution in [0.2, 0.25) is 0 Å². The van der Waals surface area contributed by atoms with Gasteiger partial charge >= 0.3 is 5.69 Å². The fraction of sp³-hybridized carbons (Fsp3) is 0.385. The van der Waals surface area contributed by atoms with Crippen LogP contribution in [0.3, 0.4) is 0 Å². The molecule has 0 unspecified atom stereocenters. The normalized spacial score (nSPS) is 10.9. The summed E-state index contributed by atoms with van der Waals surface area (Å²) in [6.07, 6.45) is 0.926. The second-order valence-corrected chi connectivity index (χ2v) is 7.05. The van der Waals surface area contributed by atoms with Crippen LogP contribution >= 0.6 is 27.3 Å². The van der Waals surface area contributed by atoms with Crippen molar-refractivity contribution in [2.24, 2.45) is 14.1 Å². The Hall–Kier alpha value is -1.18. The minimum Gasteiger partial charge on any atom is -0.311 e. The predicted octanol–water partition coefficient (Wildman–Crippen LogP) is 1.24. The maximum Gasteiger partial charge on any atom is 0.330 e. The van der Waals surface area contributed by atoms with Crippen molar-refractivity contribution in [1.29, 1.82) is 0 Å². The van der Waals surface area contributed by atoms with Gasteiger partial charge in [0.25, 0.3) is 5.56 Å². The molecule has 2 rings (SSSR count). The molecule has 2 heterocycles. The lowest BCUT2D eigenvalue weighted by Gasteiger charge is -2.10. The van der Waals surface area contributed by atoms with Crippen LogP contribution in [-0.4, -0.2) is 15.7 Å². The van der Waals surface area contributed by atoms with E-state index in [9.17, 15) is 9.59 Å². The molecule has 0 saturated carbocycles. The van der Waals surface area contributed by atoms with E-state index in [-0.39, 0.29) is 11.2 Å². The first kappa shape index (κ1) is 15.2. The lowest BCUT2D eigenvalue weighted by Crippen LogP contribution is -2.39. The van der Waals surface area contributed by atoms with Gasteiger partial charge in [0, 0.05) is 43.8 Å². The lowest BCUT2D eigenvalue weighted by atomic mass is 10.3. The Morgan fingerprint density at radius 2 is 2.00 bits per heavy atom. The standard InChI is InChI=1S/C13H16BrN3O2S/c1-16-9(7-12(18)17(2)13(16)19)8-15-6-5-10-3-4-11(14)20-10/h3-4,7,15H,5-6,8H2,1-2H3. The Bertz CT molecular complexity index is 717.